The predicted octanol–water partition coefficient (Wildman–Crippen LogP) is 6.42. The molecule has 5 nitrogen and oxygen atoms in total. The summed E-state index contributed by atoms with van der Waals surface area (Å²) in [7, 11) is 0. The van der Waals surface area contributed by atoms with E-state index in [-0.39, 0.29) is 0 Å². The van der Waals surface area contributed by atoms with E-state index in [4.69, 9.17) is 21.3 Å². The molecular formula is C26H17ClN4O. The summed E-state index contributed by atoms with van der Waals surface area (Å²) in [5.74, 6) is 0.781. The van der Waals surface area contributed by atoms with Gasteiger partial charge in [-0.15, -0.1) is 0 Å². The molecule has 3 aliphatic rings. The number of aliphatic imine (C=N–C) groups is 2. The minimum atomic E-state index is 0.411. The number of benzene rings is 3. The summed E-state index contributed by atoms with van der Waals surface area (Å²) in [6, 6.07) is 20.0. The third kappa shape index (κ3) is 3.15. The molecule has 0 amide bonds. The first kappa shape index (κ1) is 18.8. The third-order valence-corrected chi connectivity index (χ3v) is 5.99. The van der Waals surface area contributed by atoms with Crippen LogP contribution in [0.2, 0.25) is 5.02 Å². The highest BCUT2D eigenvalue weighted by atomic mass is 35.5. The molecule has 3 heterocycles. The van der Waals surface area contributed by atoms with Gasteiger partial charge in [0.1, 0.15) is 18.7 Å². The molecule has 0 radical (unpaired) electrons. The molecular weight excluding hydrogens is 420 g/mol. The Labute approximate surface area is 190 Å². The van der Waals surface area contributed by atoms with Crippen LogP contribution >= 0.6 is 11.6 Å². The lowest BCUT2D eigenvalue weighted by Crippen LogP contribution is -2.19. The Morgan fingerprint density at radius 3 is 2.81 bits per heavy atom. The SMILES string of the molecule is Clc1ccccc1COc1cccc(-c2ccc3c4c2N=CC4=CC=C2C=NC=NN23)c1. The summed E-state index contributed by atoms with van der Waals surface area (Å²) in [5.41, 5.74) is 8.03. The second-order valence-electron chi connectivity index (χ2n) is 7.56. The van der Waals surface area contributed by atoms with E-state index in [1.165, 1.54) is 0 Å². The minimum absolute atomic E-state index is 0.411. The van der Waals surface area contributed by atoms with E-state index in [2.05, 4.69) is 34.4 Å². The highest BCUT2D eigenvalue weighted by Gasteiger charge is 2.27. The highest BCUT2D eigenvalue weighted by molar-refractivity contribution is 6.31. The molecule has 0 saturated heterocycles. The van der Waals surface area contributed by atoms with E-state index in [1.807, 2.05) is 66.0 Å². The van der Waals surface area contributed by atoms with E-state index < -0.39 is 0 Å². The third-order valence-electron chi connectivity index (χ3n) is 5.62. The lowest BCUT2D eigenvalue weighted by atomic mass is 9.96. The normalized spacial score (nSPS) is 15.1. The molecule has 3 aliphatic heterocycles. The number of ether oxygens (including phenoxy) is 1. The number of hydrogen-bond acceptors (Lipinski definition) is 5. The fourth-order valence-corrected chi connectivity index (χ4v) is 4.26. The number of hydrogen-bond donors (Lipinski definition) is 0. The van der Waals surface area contributed by atoms with Crippen LogP contribution in [-0.2, 0) is 6.61 Å². The van der Waals surface area contributed by atoms with Crippen molar-refractivity contribution in [1.82, 2.24) is 0 Å². The molecule has 0 spiro atoms. The number of fused-ring (bicyclic) bond motifs is 2. The van der Waals surface area contributed by atoms with Gasteiger partial charge in [-0.05, 0) is 35.9 Å². The molecule has 0 atom stereocenters. The van der Waals surface area contributed by atoms with E-state index in [0.717, 1.165) is 50.6 Å². The van der Waals surface area contributed by atoms with Crippen LogP contribution in [0.1, 0.15) is 11.1 Å². The minimum Gasteiger partial charge on any atom is -0.489 e. The molecule has 0 saturated carbocycles. The molecule has 0 N–H and O–H groups in total. The van der Waals surface area contributed by atoms with Gasteiger partial charge in [0.2, 0.25) is 0 Å². The molecule has 3 aromatic carbocycles. The van der Waals surface area contributed by atoms with Crippen LogP contribution in [0.5, 0.6) is 5.75 Å². The van der Waals surface area contributed by atoms with Gasteiger partial charge >= 0.3 is 0 Å². The molecule has 6 rings (SSSR count). The highest BCUT2D eigenvalue weighted by Crippen LogP contribution is 2.47. The second kappa shape index (κ2) is 7.62. The number of nitrogens with zero attached hydrogens (tertiary/aromatic N) is 4. The van der Waals surface area contributed by atoms with Crippen LogP contribution in [0.3, 0.4) is 0 Å². The van der Waals surface area contributed by atoms with Crippen molar-refractivity contribution in [3.8, 4) is 16.9 Å². The number of anilines is 1. The summed E-state index contributed by atoms with van der Waals surface area (Å²) in [6.07, 6.45) is 9.35. The van der Waals surface area contributed by atoms with Crippen LogP contribution in [0, 0.1) is 0 Å². The average Bonchev–Trinajstić information content (AvgIpc) is 3.19. The van der Waals surface area contributed by atoms with Crippen molar-refractivity contribution >= 4 is 47.3 Å². The lowest BCUT2D eigenvalue weighted by molar-refractivity contribution is 0.306. The van der Waals surface area contributed by atoms with Crippen molar-refractivity contribution in [3.05, 3.63) is 94.7 Å². The quantitative estimate of drug-likeness (QED) is 0.474. The van der Waals surface area contributed by atoms with Crippen molar-refractivity contribution in [1.29, 1.82) is 0 Å². The van der Waals surface area contributed by atoms with Crippen molar-refractivity contribution in [2.75, 3.05) is 5.01 Å². The Bertz CT molecular complexity index is 1400. The average molecular weight is 437 g/mol. The molecule has 0 aromatic heterocycles. The molecule has 0 bridgehead atoms. The molecule has 0 unspecified atom stereocenters. The van der Waals surface area contributed by atoms with Crippen molar-refractivity contribution in [2.24, 2.45) is 15.1 Å². The van der Waals surface area contributed by atoms with Crippen LogP contribution in [-0.4, -0.2) is 18.8 Å². The first-order valence-corrected chi connectivity index (χ1v) is 10.6. The van der Waals surface area contributed by atoms with E-state index in [0.29, 0.717) is 11.6 Å². The maximum atomic E-state index is 6.26. The molecule has 0 aliphatic carbocycles. The maximum Gasteiger partial charge on any atom is 0.136 e. The Kier molecular flexibility index (Phi) is 4.47. The second-order valence-corrected chi connectivity index (χ2v) is 7.96. The summed E-state index contributed by atoms with van der Waals surface area (Å²) in [6.45, 7) is 0.411. The first-order chi connectivity index (χ1) is 15.8. The van der Waals surface area contributed by atoms with Gasteiger partial charge in [0.05, 0.1) is 23.3 Å². The zero-order chi connectivity index (χ0) is 21.5. The van der Waals surface area contributed by atoms with Gasteiger partial charge in [-0.2, -0.15) is 5.10 Å². The zero-order valence-electron chi connectivity index (χ0n) is 16.9. The van der Waals surface area contributed by atoms with E-state index >= 15 is 0 Å². The predicted molar refractivity (Wildman–Crippen MR) is 131 cm³/mol. The lowest BCUT2D eigenvalue weighted by Gasteiger charge is -2.23. The van der Waals surface area contributed by atoms with Gasteiger partial charge in [0.25, 0.3) is 0 Å². The number of halogens is 1. The van der Waals surface area contributed by atoms with Gasteiger partial charge < -0.3 is 4.74 Å². The number of rotatable bonds is 4. The number of hydrazone groups is 1. The summed E-state index contributed by atoms with van der Waals surface area (Å²) in [5, 5.41) is 7.06. The summed E-state index contributed by atoms with van der Waals surface area (Å²) < 4.78 is 6.04. The van der Waals surface area contributed by atoms with Crippen molar-refractivity contribution < 1.29 is 4.74 Å². The standard InChI is InChI=1S/C26H17ClN4O/c27-23-7-2-1-4-19(23)15-32-21-6-3-5-17(12-21)22-10-11-24-25-18(13-29-26(22)25)8-9-20-14-28-16-30-31(20)24/h1-14,16H,15H2. The van der Waals surface area contributed by atoms with Crippen LogP contribution in [0.25, 0.3) is 16.7 Å². The van der Waals surface area contributed by atoms with Crippen LogP contribution in [0.15, 0.2) is 93.6 Å². The Balaban J connectivity index is 1.36. The molecule has 154 valence electrons. The van der Waals surface area contributed by atoms with E-state index in [9.17, 15) is 0 Å². The first-order valence-electron chi connectivity index (χ1n) is 10.2. The summed E-state index contributed by atoms with van der Waals surface area (Å²) >= 11 is 6.26. The van der Waals surface area contributed by atoms with Gasteiger partial charge in [-0.1, -0.05) is 54.1 Å². The smallest absolute Gasteiger partial charge is 0.136 e. The maximum absolute atomic E-state index is 6.26. The fraction of sp³-hybridized carbons (Fsp3) is 0.0385. The zero-order valence-corrected chi connectivity index (χ0v) is 17.7. The number of allylic oxidation sites excluding steroid dienone is 4. The monoisotopic (exact) mass is 436 g/mol. The van der Waals surface area contributed by atoms with Gasteiger partial charge in [-0.3, -0.25) is 4.99 Å². The fourth-order valence-electron chi connectivity index (χ4n) is 4.07. The Morgan fingerprint density at radius 2 is 1.88 bits per heavy atom. The summed E-state index contributed by atoms with van der Waals surface area (Å²) in [4.78, 5) is 8.90. The topological polar surface area (TPSA) is 49.6 Å². The Hall–Kier alpha value is -3.96. The van der Waals surface area contributed by atoms with Crippen LogP contribution in [0.4, 0.5) is 11.4 Å². The Morgan fingerprint density at radius 1 is 0.938 bits per heavy atom. The molecule has 32 heavy (non-hydrogen) atoms. The molecule has 6 heteroatoms. The largest absolute Gasteiger partial charge is 0.489 e. The van der Waals surface area contributed by atoms with Gasteiger partial charge in [0.15, 0.2) is 0 Å². The van der Waals surface area contributed by atoms with E-state index in [1.54, 1.807) is 6.34 Å². The van der Waals surface area contributed by atoms with Crippen molar-refractivity contribution in [3.63, 3.8) is 0 Å². The van der Waals surface area contributed by atoms with Crippen molar-refractivity contribution in [2.45, 2.75) is 6.61 Å². The van der Waals surface area contributed by atoms with Gasteiger partial charge in [-0.25, -0.2) is 10.0 Å². The molecule has 3 aromatic rings. The van der Waals surface area contributed by atoms with Gasteiger partial charge in [0, 0.05) is 33.5 Å². The van der Waals surface area contributed by atoms with Crippen LogP contribution < -0.4 is 9.75 Å². The molecule has 0 fully saturated rings.